The molecule has 2 bridgehead atoms. The summed E-state index contributed by atoms with van der Waals surface area (Å²) in [6.45, 7) is 2.29. The molecule has 0 spiro atoms. The number of carbonyl (C=O) groups is 1. The fraction of sp³-hybridized carbons (Fsp3) is 0.700. The van der Waals surface area contributed by atoms with Crippen molar-refractivity contribution in [3.63, 3.8) is 0 Å². The highest BCUT2D eigenvalue weighted by molar-refractivity contribution is 5.64. The highest BCUT2D eigenvalue weighted by atomic mass is 16.1. The zero-order chi connectivity index (χ0) is 7.95. The van der Waals surface area contributed by atoms with Gasteiger partial charge in [0.25, 0.3) is 0 Å². The molecule has 0 unspecified atom stereocenters. The smallest absolute Gasteiger partial charge is 0.129 e. The van der Waals surface area contributed by atoms with Gasteiger partial charge >= 0.3 is 0 Å². The SMILES string of the molecule is CC12C=CC(C=O)(CC1)CC2. The number of rotatable bonds is 1. The van der Waals surface area contributed by atoms with Crippen molar-refractivity contribution in [2.45, 2.75) is 32.6 Å². The van der Waals surface area contributed by atoms with Gasteiger partial charge in [0.2, 0.25) is 0 Å². The van der Waals surface area contributed by atoms with Gasteiger partial charge < -0.3 is 4.79 Å². The first kappa shape index (κ1) is 7.08. The number of hydrogen-bond acceptors (Lipinski definition) is 1. The molecule has 0 aromatic heterocycles. The van der Waals surface area contributed by atoms with E-state index in [2.05, 4.69) is 19.1 Å². The lowest BCUT2D eigenvalue weighted by atomic mass is 9.60. The number of fused-ring (bicyclic) bond motifs is 2. The maximum atomic E-state index is 10.8. The van der Waals surface area contributed by atoms with Crippen molar-refractivity contribution in [1.29, 1.82) is 0 Å². The molecular formula is C10H14O. The Kier molecular flexibility index (Phi) is 1.26. The summed E-state index contributed by atoms with van der Waals surface area (Å²) in [7, 11) is 0. The van der Waals surface area contributed by atoms with E-state index in [1.165, 1.54) is 12.8 Å². The van der Waals surface area contributed by atoms with Crippen molar-refractivity contribution < 1.29 is 4.79 Å². The van der Waals surface area contributed by atoms with Crippen LogP contribution in [0.1, 0.15) is 32.6 Å². The number of allylic oxidation sites excluding steroid dienone is 2. The lowest BCUT2D eigenvalue weighted by molar-refractivity contribution is -0.116. The first-order chi connectivity index (χ1) is 5.18. The van der Waals surface area contributed by atoms with Gasteiger partial charge in [-0.15, -0.1) is 0 Å². The predicted molar refractivity (Wildman–Crippen MR) is 44.2 cm³/mol. The minimum absolute atomic E-state index is 0.0578. The molecule has 0 aromatic rings. The van der Waals surface area contributed by atoms with Crippen LogP contribution in [0.2, 0.25) is 0 Å². The van der Waals surface area contributed by atoms with Gasteiger partial charge in [0.15, 0.2) is 0 Å². The van der Waals surface area contributed by atoms with Gasteiger partial charge in [-0.1, -0.05) is 19.1 Å². The van der Waals surface area contributed by atoms with Crippen LogP contribution >= 0.6 is 0 Å². The average Bonchev–Trinajstić information content (AvgIpc) is 2.07. The summed E-state index contributed by atoms with van der Waals surface area (Å²) < 4.78 is 0. The van der Waals surface area contributed by atoms with Crippen molar-refractivity contribution in [2.24, 2.45) is 10.8 Å². The maximum Gasteiger partial charge on any atom is 0.129 e. The van der Waals surface area contributed by atoms with Crippen LogP contribution in [-0.4, -0.2) is 6.29 Å². The highest BCUT2D eigenvalue weighted by Crippen LogP contribution is 2.50. The first-order valence-electron chi connectivity index (χ1n) is 4.35. The van der Waals surface area contributed by atoms with E-state index < -0.39 is 0 Å². The Morgan fingerprint density at radius 2 is 1.82 bits per heavy atom. The molecule has 0 heterocycles. The molecular weight excluding hydrogens is 136 g/mol. The van der Waals surface area contributed by atoms with Crippen LogP contribution < -0.4 is 0 Å². The molecule has 1 nitrogen and oxygen atoms in total. The second-order valence-electron chi connectivity index (χ2n) is 4.34. The molecule has 11 heavy (non-hydrogen) atoms. The van der Waals surface area contributed by atoms with E-state index in [-0.39, 0.29) is 5.41 Å². The van der Waals surface area contributed by atoms with Crippen molar-refractivity contribution in [3.05, 3.63) is 12.2 Å². The van der Waals surface area contributed by atoms with E-state index in [0.717, 1.165) is 19.1 Å². The zero-order valence-electron chi connectivity index (χ0n) is 6.97. The molecule has 0 amide bonds. The van der Waals surface area contributed by atoms with Crippen LogP contribution in [-0.2, 0) is 4.79 Å². The molecule has 0 saturated heterocycles. The first-order valence-corrected chi connectivity index (χ1v) is 4.35. The topological polar surface area (TPSA) is 17.1 Å². The summed E-state index contributed by atoms with van der Waals surface area (Å²) in [6.07, 6.45) is 10.1. The molecule has 1 fully saturated rings. The Bertz CT molecular complexity index is 207. The Morgan fingerprint density at radius 3 is 2.18 bits per heavy atom. The lowest BCUT2D eigenvalue weighted by Gasteiger charge is -2.44. The molecule has 3 aliphatic rings. The molecule has 0 aliphatic heterocycles. The van der Waals surface area contributed by atoms with E-state index in [0.29, 0.717) is 5.41 Å². The van der Waals surface area contributed by atoms with Crippen molar-refractivity contribution in [2.75, 3.05) is 0 Å². The lowest BCUT2D eigenvalue weighted by Crippen LogP contribution is -2.36. The molecule has 0 aromatic carbocycles. The van der Waals surface area contributed by atoms with E-state index >= 15 is 0 Å². The van der Waals surface area contributed by atoms with Crippen molar-refractivity contribution in [3.8, 4) is 0 Å². The van der Waals surface area contributed by atoms with E-state index in [9.17, 15) is 4.79 Å². The Morgan fingerprint density at radius 1 is 1.18 bits per heavy atom. The molecule has 1 heteroatoms. The van der Waals surface area contributed by atoms with Gasteiger partial charge in [-0.25, -0.2) is 0 Å². The third kappa shape index (κ3) is 0.943. The Labute approximate surface area is 67.5 Å². The van der Waals surface area contributed by atoms with E-state index in [4.69, 9.17) is 0 Å². The van der Waals surface area contributed by atoms with Gasteiger partial charge in [0.1, 0.15) is 6.29 Å². The molecule has 60 valence electrons. The molecule has 3 rings (SSSR count). The van der Waals surface area contributed by atoms with Gasteiger partial charge in [-0.05, 0) is 31.1 Å². The Hall–Kier alpha value is -0.590. The summed E-state index contributed by atoms with van der Waals surface area (Å²) in [5.74, 6) is 0. The van der Waals surface area contributed by atoms with Gasteiger partial charge in [-0.2, -0.15) is 0 Å². The fourth-order valence-corrected chi connectivity index (χ4v) is 2.14. The molecule has 0 atom stereocenters. The average molecular weight is 150 g/mol. The minimum atomic E-state index is -0.0578. The normalized spacial score (nSPS) is 47.7. The minimum Gasteiger partial charge on any atom is -0.302 e. The van der Waals surface area contributed by atoms with Crippen LogP contribution in [0, 0.1) is 10.8 Å². The van der Waals surface area contributed by atoms with Crippen LogP contribution in [0.3, 0.4) is 0 Å². The van der Waals surface area contributed by atoms with Gasteiger partial charge in [-0.3, -0.25) is 0 Å². The van der Waals surface area contributed by atoms with E-state index in [1.54, 1.807) is 0 Å². The third-order valence-corrected chi connectivity index (χ3v) is 3.38. The summed E-state index contributed by atoms with van der Waals surface area (Å²) >= 11 is 0. The van der Waals surface area contributed by atoms with E-state index in [1.807, 2.05) is 0 Å². The van der Waals surface area contributed by atoms with Gasteiger partial charge in [0, 0.05) is 5.41 Å². The van der Waals surface area contributed by atoms with Crippen LogP contribution in [0.25, 0.3) is 0 Å². The zero-order valence-corrected chi connectivity index (χ0v) is 6.97. The van der Waals surface area contributed by atoms with Crippen LogP contribution in [0.5, 0.6) is 0 Å². The summed E-state index contributed by atoms with van der Waals surface area (Å²) in [5, 5.41) is 0. The molecule has 0 radical (unpaired) electrons. The summed E-state index contributed by atoms with van der Waals surface area (Å²) in [4.78, 5) is 10.8. The van der Waals surface area contributed by atoms with Crippen LogP contribution in [0.4, 0.5) is 0 Å². The predicted octanol–water partition coefficient (Wildman–Crippen LogP) is 2.32. The molecule has 0 N–H and O–H groups in total. The molecule has 3 aliphatic carbocycles. The van der Waals surface area contributed by atoms with Crippen LogP contribution in [0.15, 0.2) is 12.2 Å². The molecule has 1 saturated carbocycles. The number of carbonyl (C=O) groups excluding carboxylic acids is 1. The summed E-state index contributed by atoms with van der Waals surface area (Å²) in [5.41, 5.74) is 0.364. The third-order valence-electron chi connectivity index (χ3n) is 3.38. The standard InChI is InChI=1S/C10H14O/c1-9-2-5-10(8-11,6-3-9)7-4-9/h2,5,8H,3-4,6-7H2,1H3. The summed E-state index contributed by atoms with van der Waals surface area (Å²) in [6, 6.07) is 0. The Balaban J connectivity index is 2.34. The second kappa shape index (κ2) is 1.96. The fourth-order valence-electron chi connectivity index (χ4n) is 2.14. The second-order valence-corrected chi connectivity index (χ2v) is 4.34. The largest absolute Gasteiger partial charge is 0.302 e. The highest BCUT2D eigenvalue weighted by Gasteiger charge is 2.41. The van der Waals surface area contributed by atoms with Gasteiger partial charge in [0.05, 0.1) is 0 Å². The maximum absolute atomic E-state index is 10.8. The quantitative estimate of drug-likeness (QED) is 0.414. The van der Waals surface area contributed by atoms with Crippen molar-refractivity contribution >= 4 is 6.29 Å². The number of hydrogen-bond donors (Lipinski definition) is 0. The number of aldehydes is 1. The monoisotopic (exact) mass is 150 g/mol. The van der Waals surface area contributed by atoms with Crippen molar-refractivity contribution in [1.82, 2.24) is 0 Å².